The van der Waals surface area contributed by atoms with E-state index in [1.54, 1.807) is 32.3 Å². The van der Waals surface area contributed by atoms with E-state index in [1.165, 1.54) is 6.33 Å². The third kappa shape index (κ3) is 6.90. The van der Waals surface area contributed by atoms with Gasteiger partial charge in [0.05, 0.1) is 38.2 Å². The van der Waals surface area contributed by atoms with E-state index in [1.807, 2.05) is 6.92 Å². The van der Waals surface area contributed by atoms with Gasteiger partial charge in [-0.05, 0) is 20.8 Å². The number of phosphoric acid groups is 1. The summed E-state index contributed by atoms with van der Waals surface area (Å²) in [5.74, 6) is 0.392. The molecule has 0 aromatic carbocycles. The second-order valence-corrected chi connectivity index (χ2v) is 13.5. The van der Waals surface area contributed by atoms with E-state index in [9.17, 15) is 14.2 Å². The van der Waals surface area contributed by atoms with E-state index >= 15 is 0 Å². The number of hydrogen-bond donors (Lipinski definition) is 2. The van der Waals surface area contributed by atoms with E-state index in [2.05, 4.69) is 20.3 Å². The second-order valence-electron chi connectivity index (χ2n) is 10.0. The average molecular weight is 637 g/mol. The number of nitrogens with zero attached hydrogens (tertiary/aromatic N) is 4. The average Bonchev–Trinajstić information content (AvgIpc) is 3.43. The van der Waals surface area contributed by atoms with Crippen LogP contribution in [0.15, 0.2) is 6.33 Å². The van der Waals surface area contributed by atoms with Crippen molar-refractivity contribution in [1.82, 2.24) is 24.8 Å². The van der Waals surface area contributed by atoms with E-state index < -0.39 is 42.6 Å². The largest absolute Gasteiger partial charge is 0.476 e. The Labute approximate surface area is 246 Å². The van der Waals surface area contributed by atoms with Crippen molar-refractivity contribution in [3.05, 3.63) is 6.33 Å². The predicted molar refractivity (Wildman–Crippen MR) is 150 cm³/mol. The maximum atomic E-state index is 13.3. The van der Waals surface area contributed by atoms with Crippen molar-refractivity contribution in [3.8, 4) is 5.88 Å². The van der Waals surface area contributed by atoms with Gasteiger partial charge in [0, 0.05) is 12.3 Å². The molecule has 0 unspecified atom stereocenters. The van der Waals surface area contributed by atoms with Crippen molar-refractivity contribution >= 4 is 59.5 Å². The number of nitrogen functional groups attached to an aromatic ring is 1. The molecule has 15 nitrogen and oxygen atoms in total. The van der Waals surface area contributed by atoms with Gasteiger partial charge in [-0.3, -0.25) is 22.9 Å². The molecule has 2 aromatic rings. The Morgan fingerprint density at radius 2 is 2.10 bits per heavy atom. The molecule has 2 aliphatic heterocycles. The third-order valence-electron chi connectivity index (χ3n) is 6.33. The maximum absolute atomic E-state index is 13.3. The van der Waals surface area contributed by atoms with Crippen LogP contribution in [-0.4, -0.2) is 86.5 Å². The first kappa shape index (κ1) is 31.7. The van der Waals surface area contributed by atoms with E-state index in [-0.39, 0.29) is 49.1 Å². The minimum absolute atomic E-state index is 0.0122. The van der Waals surface area contributed by atoms with Crippen molar-refractivity contribution in [3.63, 3.8) is 0 Å². The zero-order valence-corrected chi connectivity index (χ0v) is 25.8. The van der Waals surface area contributed by atoms with Crippen molar-refractivity contribution in [2.45, 2.75) is 57.9 Å². The Balaban J connectivity index is 1.36. The van der Waals surface area contributed by atoms with Crippen LogP contribution in [0.5, 0.6) is 5.88 Å². The first-order valence-corrected chi connectivity index (χ1v) is 15.8. The molecule has 5 atom stereocenters. The number of carbonyl (C=O) groups is 2. The molecule has 2 fully saturated rings. The van der Waals surface area contributed by atoms with Crippen LogP contribution in [0.25, 0.3) is 11.2 Å². The Morgan fingerprint density at radius 3 is 2.80 bits per heavy atom. The summed E-state index contributed by atoms with van der Waals surface area (Å²) in [6.07, 6.45) is -1.50. The quantitative estimate of drug-likeness (QED) is 0.208. The second kappa shape index (κ2) is 12.6. The molecule has 18 heteroatoms. The predicted octanol–water partition coefficient (Wildman–Crippen LogP) is 3.27. The van der Waals surface area contributed by atoms with Gasteiger partial charge in [0.25, 0.3) is 0 Å². The van der Waals surface area contributed by atoms with Crippen LogP contribution in [0.2, 0.25) is 0 Å². The third-order valence-corrected chi connectivity index (χ3v) is 9.37. The smallest absolute Gasteiger partial charge is 0.475 e. The number of fused-ring (bicyclic) bond motifs is 2. The number of alkyl halides is 1. The van der Waals surface area contributed by atoms with Crippen LogP contribution in [0.3, 0.4) is 0 Å². The summed E-state index contributed by atoms with van der Waals surface area (Å²) in [5.41, 5.74) is 5.75. The molecular formula is C23H34ClN6O9PS. The van der Waals surface area contributed by atoms with Crippen LogP contribution in [-0.2, 0) is 32.4 Å². The van der Waals surface area contributed by atoms with E-state index in [0.29, 0.717) is 17.8 Å². The van der Waals surface area contributed by atoms with Crippen molar-refractivity contribution < 1.29 is 41.9 Å². The molecule has 4 heterocycles. The zero-order valence-electron chi connectivity index (χ0n) is 23.3. The molecule has 0 spiro atoms. The SMILES string of the molecule is CCOC(=O)NCC(C)(C)C(=O)SCCO[P@]1(=O)OC[C@H]2O[C@@H](n3cnc4c(OCC)nc(N)nc43)[C@](C)(Cl)[C@@H]2O1. The van der Waals surface area contributed by atoms with Crippen molar-refractivity contribution in [1.29, 1.82) is 0 Å². The molecule has 2 aromatic heterocycles. The first-order chi connectivity index (χ1) is 19.3. The molecule has 1 amide bonds. The Hall–Kier alpha value is -2.20. The number of imidazole rings is 1. The van der Waals surface area contributed by atoms with Crippen LogP contribution >= 0.6 is 31.2 Å². The number of aromatic nitrogens is 4. The lowest BCUT2D eigenvalue weighted by atomic mass is 9.96. The number of ether oxygens (including phenoxy) is 3. The van der Waals surface area contributed by atoms with Crippen molar-refractivity contribution in [2.75, 3.05) is 44.5 Å². The van der Waals surface area contributed by atoms with E-state index in [0.717, 1.165) is 11.8 Å². The number of rotatable bonds is 11. The van der Waals surface area contributed by atoms with Gasteiger partial charge in [0.1, 0.15) is 17.1 Å². The summed E-state index contributed by atoms with van der Waals surface area (Å²) in [4.78, 5) is 35.7. The van der Waals surface area contributed by atoms with Crippen LogP contribution in [0.1, 0.15) is 40.8 Å². The van der Waals surface area contributed by atoms with Gasteiger partial charge in [-0.1, -0.05) is 25.6 Å². The maximum Gasteiger partial charge on any atom is 0.475 e. The Bertz CT molecular complexity index is 1330. The number of carbonyl (C=O) groups excluding carboxylic acids is 2. The molecule has 0 aliphatic carbocycles. The summed E-state index contributed by atoms with van der Waals surface area (Å²) >= 11 is 7.95. The van der Waals surface area contributed by atoms with E-state index in [4.69, 9.17) is 45.1 Å². The number of anilines is 1. The minimum atomic E-state index is -4.03. The monoisotopic (exact) mass is 636 g/mol. The highest BCUT2D eigenvalue weighted by Gasteiger charge is 2.60. The van der Waals surface area contributed by atoms with Crippen LogP contribution < -0.4 is 15.8 Å². The fraction of sp³-hybridized carbons (Fsp3) is 0.696. The van der Waals surface area contributed by atoms with Gasteiger partial charge in [0.2, 0.25) is 11.8 Å². The fourth-order valence-electron chi connectivity index (χ4n) is 4.25. The van der Waals surface area contributed by atoms with Gasteiger partial charge in [-0.25, -0.2) is 14.3 Å². The molecule has 0 bridgehead atoms. The van der Waals surface area contributed by atoms with Crippen LogP contribution in [0.4, 0.5) is 10.7 Å². The number of amides is 1. The Kier molecular flexibility index (Phi) is 9.73. The summed E-state index contributed by atoms with van der Waals surface area (Å²) in [6, 6.07) is 0. The van der Waals surface area contributed by atoms with Crippen molar-refractivity contribution in [2.24, 2.45) is 5.41 Å². The van der Waals surface area contributed by atoms with Gasteiger partial charge < -0.3 is 25.3 Å². The number of phosphoric ester groups is 1. The number of hydrogen-bond acceptors (Lipinski definition) is 14. The topological polar surface area (TPSA) is 188 Å². The molecule has 41 heavy (non-hydrogen) atoms. The van der Waals surface area contributed by atoms with Crippen LogP contribution in [0, 0.1) is 5.41 Å². The van der Waals surface area contributed by atoms with Gasteiger partial charge >= 0.3 is 13.9 Å². The highest BCUT2D eigenvalue weighted by Crippen LogP contribution is 2.60. The molecule has 0 saturated carbocycles. The number of halogens is 1. The number of thioether (sulfide) groups is 1. The zero-order chi connectivity index (χ0) is 30.0. The summed E-state index contributed by atoms with van der Waals surface area (Å²) in [6.45, 7) is 9.05. The normalized spacial score (nSPS) is 27.9. The summed E-state index contributed by atoms with van der Waals surface area (Å²) in [5, 5.41) is 2.37. The number of alkyl carbamates (subject to hydrolysis) is 1. The fourth-order valence-corrected chi connectivity index (χ4v) is 7.07. The highest BCUT2D eigenvalue weighted by molar-refractivity contribution is 8.13. The molecule has 2 aliphatic rings. The molecular weight excluding hydrogens is 603 g/mol. The molecule has 228 valence electrons. The molecule has 2 saturated heterocycles. The first-order valence-electron chi connectivity index (χ1n) is 12.9. The lowest BCUT2D eigenvalue weighted by Gasteiger charge is -2.34. The molecule has 3 N–H and O–H groups in total. The lowest BCUT2D eigenvalue weighted by Crippen LogP contribution is -2.44. The standard InChI is InChI=1S/C23H34ClN6O9PS/c1-6-34-17-14-16(28-20(25)29-17)30(12-27-14)18-23(5,24)15-13(38-18)10-37-40(33,39-15)36-8-9-41-19(31)22(3,4)11-26-21(32)35-7-2/h12-13,15,18H,6-11H2,1-5H3,(H,26,32)(H2,25,28,29)/t13-,15-,18-,23-,40-/m1/s1. The minimum Gasteiger partial charge on any atom is -0.476 e. The number of nitrogens with one attached hydrogen (secondary N) is 1. The van der Waals surface area contributed by atoms with Gasteiger partial charge in [-0.15, -0.1) is 11.6 Å². The number of nitrogens with two attached hydrogens (primary N) is 1. The summed E-state index contributed by atoms with van der Waals surface area (Å²) in [7, 11) is -4.03. The lowest BCUT2D eigenvalue weighted by molar-refractivity contribution is -0.117. The van der Waals surface area contributed by atoms with Gasteiger partial charge in [-0.2, -0.15) is 9.97 Å². The molecule has 4 rings (SSSR count). The summed E-state index contributed by atoms with van der Waals surface area (Å²) < 4.78 is 48.1. The molecule has 0 radical (unpaired) electrons. The Morgan fingerprint density at radius 1 is 1.34 bits per heavy atom. The van der Waals surface area contributed by atoms with Gasteiger partial charge in [0.15, 0.2) is 22.5 Å². The highest BCUT2D eigenvalue weighted by atomic mass is 35.5.